The Hall–Kier alpha value is -2.89. The maximum atomic E-state index is 12.3. The minimum atomic E-state index is -3.89. The van der Waals surface area contributed by atoms with Crippen LogP contribution in [-0.4, -0.2) is 26.5 Å². The Morgan fingerprint density at radius 3 is 2.54 bits per heavy atom. The highest BCUT2D eigenvalue weighted by Crippen LogP contribution is 2.21. The zero-order valence-electron chi connectivity index (χ0n) is 14.4. The largest absolute Gasteiger partial charge is 0.481 e. The van der Waals surface area contributed by atoms with Crippen molar-refractivity contribution in [2.24, 2.45) is 0 Å². The summed E-state index contributed by atoms with van der Waals surface area (Å²) in [6.07, 6.45) is 0. The highest BCUT2D eigenvalue weighted by Gasteiger charge is 2.19. The van der Waals surface area contributed by atoms with E-state index < -0.39 is 14.9 Å². The SMILES string of the molecule is Cc1ccccc1OCC#CCNS(=O)(=O)c1cc([N+](=O)[O-])ccc1C. The van der Waals surface area contributed by atoms with Gasteiger partial charge in [0.15, 0.2) is 0 Å². The van der Waals surface area contributed by atoms with Gasteiger partial charge in [0, 0.05) is 12.1 Å². The van der Waals surface area contributed by atoms with E-state index in [0.717, 1.165) is 17.4 Å². The molecule has 0 amide bonds. The summed E-state index contributed by atoms with van der Waals surface area (Å²) in [7, 11) is -3.89. The van der Waals surface area contributed by atoms with E-state index in [1.165, 1.54) is 12.1 Å². The van der Waals surface area contributed by atoms with Gasteiger partial charge in [-0.25, -0.2) is 8.42 Å². The molecule has 8 heteroatoms. The van der Waals surface area contributed by atoms with Crippen molar-refractivity contribution in [3.8, 4) is 17.6 Å². The molecular formula is C18H18N2O5S. The van der Waals surface area contributed by atoms with Gasteiger partial charge in [0.05, 0.1) is 16.4 Å². The molecule has 136 valence electrons. The molecule has 0 unspecified atom stereocenters. The van der Waals surface area contributed by atoms with Gasteiger partial charge in [-0.15, -0.1) is 0 Å². The van der Waals surface area contributed by atoms with E-state index in [-0.39, 0.29) is 23.7 Å². The van der Waals surface area contributed by atoms with Crippen molar-refractivity contribution in [2.75, 3.05) is 13.2 Å². The molecule has 0 bridgehead atoms. The predicted molar refractivity (Wildman–Crippen MR) is 97.5 cm³/mol. The number of rotatable bonds is 6. The average Bonchev–Trinajstić information content (AvgIpc) is 2.59. The summed E-state index contributed by atoms with van der Waals surface area (Å²) in [4.78, 5) is 10.0. The van der Waals surface area contributed by atoms with Crippen molar-refractivity contribution in [3.05, 3.63) is 63.7 Å². The number of hydrogen-bond donors (Lipinski definition) is 1. The molecule has 2 aromatic rings. The first-order chi connectivity index (χ1) is 12.3. The van der Waals surface area contributed by atoms with E-state index in [2.05, 4.69) is 16.6 Å². The predicted octanol–water partition coefficient (Wildman–Crippen LogP) is 2.57. The fraction of sp³-hybridized carbons (Fsp3) is 0.222. The standard InChI is InChI=1S/C18H18N2O5S/c1-14-7-3-4-8-17(14)25-12-6-5-11-19-26(23,24)18-13-16(20(21)22)10-9-15(18)2/h3-4,7-10,13,19H,11-12H2,1-2H3. The van der Waals surface area contributed by atoms with Gasteiger partial charge >= 0.3 is 0 Å². The molecule has 7 nitrogen and oxygen atoms in total. The van der Waals surface area contributed by atoms with Crippen molar-refractivity contribution >= 4 is 15.7 Å². The number of para-hydroxylation sites is 1. The topological polar surface area (TPSA) is 98.5 Å². The highest BCUT2D eigenvalue weighted by molar-refractivity contribution is 7.89. The van der Waals surface area contributed by atoms with Crippen LogP contribution in [0.15, 0.2) is 47.4 Å². The molecule has 0 saturated heterocycles. The second kappa shape index (κ2) is 8.47. The molecular weight excluding hydrogens is 356 g/mol. The second-order valence-electron chi connectivity index (χ2n) is 5.44. The lowest BCUT2D eigenvalue weighted by Gasteiger charge is -2.07. The number of nitrogens with zero attached hydrogens (tertiary/aromatic N) is 1. The molecule has 0 aromatic heterocycles. The lowest BCUT2D eigenvalue weighted by atomic mass is 10.2. The van der Waals surface area contributed by atoms with Crippen LogP contribution >= 0.6 is 0 Å². The van der Waals surface area contributed by atoms with Crippen LogP contribution in [0.4, 0.5) is 5.69 Å². The molecule has 0 saturated carbocycles. The van der Waals surface area contributed by atoms with Crippen molar-refractivity contribution in [1.82, 2.24) is 4.72 Å². The van der Waals surface area contributed by atoms with Gasteiger partial charge in [-0.3, -0.25) is 10.1 Å². The average molecular weight is 374 g/mol. The van der Waals surface area contributed by atoms with E-state index in [1.54, 1.807) is 6.92 Å². The number of benzene rings is 2. The zero-order chi connectivity index (χ0) is 19.2. The first-order valence-electron chi connectivity index (χ1n) is 7.70. The fourth-order valence-corrected chi connectivity index (χ4v) is 3.33. The summed E-state index contributed by atoms with van der Waals surface area (Å²) in [5.74, 6) is 6.10. The van der Waals surface area contributed by atoms with Crippen molar-refractivity contribution in [2.45, 2.75) is 18.7 Å². The summed E-state index contributed by atoms with van der Waals surface area (Å²) >= 11 is 0. The lowest BCUT2D eigenvalue weighted by molar-refractivity contribution is -0.385. The number of nitro benzene ring substituents is 1. The maximum Gasteiger partial charge on any atom is 0.270 e. The normalized spacial score (nSPS) is 10.7. The van der Waals surface area contributed by atoms with E-state index in [9.17, 15) is 18.5 Å². The Bertz CT molecular complexity index is 975. The summed E-state index contributed by atoms with van der Waals surface area (Å²) < 4.78 is 32.4. The van der Waals surface area contributed by atoms with Gasteiger partial charge in [-0.05, 0) is 31.0 Å². The number of nitro groups is 1. The van der Waals surface area contributed by atoms with Crippen LogP contribution in [0.5, 0.6) is 5.75 Å². The first kappa shape index (κ1) is 19.4. The molecule has 0 radical (unpaired) electrons. The Balaban J connectivity index is 1.96. The quantitative estimate of drug-likeness (QED) is 0.476. The van der Waals surface area contributed by atoms with E-state index in [0.29, 0.717) is 5.56 Å². The molecule has 0 spiro atoms. The fourth-order valence-electron chi connectivity index (χ4n) is 2.15. The Labute approximate surface area is 152 Å². The summed E-state index contributed by atoms with van der Waals surface area (Å²) in [5.41, 5.74) is 1.11. The zero-order valence-corrected chi connectivity index (χ0v) is 15.2. The number of aryl methyl sites for hydroxylation is 2. The van der Waals surface area contributed by atoms with Crippen LogP contribution in [0.3, 0.4) is 0 Å². The molecule has 0 aliphatic heterocycles. The monoisotopic (exact) mass is 374 g/mol. The minimum Gasteiger partial charge on any atom is -0.481 e. The summed E-state index contributed by atoms with van der Waals surface area (Å²) in [5, 5.41) is 10.8. The molecule has 1 N–H and O–H groups in total. The molecule has 0 aliphatic rings. The van der Waals surface area contributed by atoms with E-state index in [4.69, 9.17) is 4.74 Å². The van der Waals surface area contributed by atoms with Crippen LogP contribution in [0, 0.1) is 35.8 Å². The van der Waals surface area contributed by atoms with E-state index in [1.807, 2.05) is 31.2 Å². The van der Waals surface area contributed by atoms with Gasteiger partial charge in [0.2, 0.25) is 10.0 Å². The van der Waals surface area contributed by atoms with Gasteiger partial charge < -0.3 is 4.74 Å². The Morgan fingerprint density at radius 2 is 1.85 bits per heavy atom. The maximum absolute atomic E-state index is 12.3. The summed E-state index contributed by atoms with van der Waals surface area (Å²) in [6.45, 7) is 3.49. The minimum absolute atomic E-state index is 0.123. The van der Waals surface area contributed by atoms with E-state index >= 15 is 0 Å². The lowest BCUT2D eigenvalue weighted by Crippen LogP contribution is -2.25. The number of nitrogens with one attached hydrogen (secondary N) is 1. The number of hydrogen-bond acceptors (Lipinski definition) is 5. The highest BCUT2D eigenvalue weighted by atomic mass is 32.2. The third kappa shape index (κ3) is 5.05. The van der Waals surface area contributed by atoms with Crippen LogP contribution in [0.1, 0.15) is 11.1 Å². The second-order valence-corrected chi connectivity index (χ2v) is 7.17. The van der Waals surface area contributed by atoms with Crippen LogP contribution in [0.2, 0.25) is 0 Å². The van der Waals surface area contributed by atoms with Gasteiger partial charge in [0.25, 0.3) is 5.69 Å². The molecule has 0 fully saturated rings. The molecule has 26 heavy (non-hydrogen) atoms. The van der Waals surface area contributed by atoms with Crippen LogP contribution in [0.25, 0.3) is 0 Å². The van der Waals surface area contributed by atoms with Crippen LogP contribution in [-0.2, 0) is 10.0 Å². The number of ether oxygens (including phenoxy) is 1. The Morgan fingerprint density at radius 1 is 1.12 bits per heavy atom. The van der Waals surface area contributed by atoms with Gasteiger partial charge in [0.1, 0.15) is 12.4 Å². The van der Waals surface area contributed by atoms with Gasteiger partial charge in [-0.1, -0.05) is 36.1 Å². The van der Waals surface area contributed by atoms with Gasteiger partial charge in [-0.2, -0.15) is 4.72 Å². The van der Waals surface area contributed by atoms with Crippen molar-refractivity contribution in [1.29, 1.82) is 0 Å². The summed E-state index contributed by atoms with van der Waals surface area (Å²) in [6, 6.07) is 11.2. The number of non-ortho nitro benzene ring substituents is 1. The Kier molecular flexibility index (Phi) is 6.33. The number of sulfonamides is 1. The van der Waals surface area contributed by atoms with Crippen molar-refractivity contribution < 1.29 is 18.1 Å². The molecule has 0 aliphatic carbocycles. The molecule has 2 rings (SSSR count). The molecule has 2 aromatic carbocycles. The molecule has 0 heterocycles. The third-order valence-electron chi connectivity index (χ3n) is 3.54. The molecule has 0 atom stereocenters. The smallest absolute Gasteiger partial charge is 0.270 e. The third-order valence-corrected chi connectivity index (χ3v) is 5.08. The van der Waals surface area contributed by atoms with Crippen LogP contribution < -0.4 is 9.46 Å². The first-order valence-corrected chi connectivity index (χ1v) is 9.18. The van der Waals surface area contributed by atoms with Crippen molar-refractivity contribution in [3.63, 3.8) is 0 Å².